The van der Waals surface area contributed by atoms with Crippen LogP contribution >= 0.6 is 0 Å². The third kappa shape index (κ3) is 2.57. The Balaban J connectivity index is 1.97. The zero-order valence-corrected chi connectivity index (χ0v) is 13.3. The van der Waals surface area contributed by atoms with Crippen LogP contribution in [-0.4, -0.2) is 26.7 Å². The summed E-state index contributed by atoms with van der Waals surface area (Å²) in [5.41, 5.74) is -0.494. The van der Waals surface area contributed by atoms with Crippen molar-refractivity contribution in [3.05, 3.63) is 58.5 Å². The van der Waals surface area contributed by atoms with Crippen molar-refractivity contribution in [1.82, 2.24) is 19.6 Å². The average molecular weight is 360 g/mol. The highest BCUT2D eigenvalue weighted by atomic mass is 19.4. The van der Waals surface area contributed by atoms with Gasteiger partial charge in [-0.05, 0) is 42.5 Å². The topological polar surface area (TPSA) is 72.3 Å². The highest BCUT2D eigenvalue weighted by Gasteiger charge is 2.31. The van der Waals surface area contributed by atoms with Crippen molar-refractivity contribution in [3.8, 4) is 17.1 Å². The Morgan fingerprint density at radius 2 is 1.85 bits per heavy atom. The maximum Gasteiger partial charge on any atom is 0.416 e. The SMILES string of the molecule is COc1ccc(-c2nc3c4cc(C(F)(F)F)ccc4[nH]c(=O)n3n2)cc1. The molecule has 4 rings (SSSR count). The fourth-order valence-corrected chi connectivity index (χ4v) is 2.67. The first-order valence-corrected chi connectivity index (χ1v) is 7.51. The fourth-order valence-electron chi connectivity index (χ4n) is 2.67. The number of halogens is 3. The smallest absolute Gasteiger partial charge is 0.416 e. The monoisotopic (exact) mass is 360 g/mol. The molecule has 2 aromatic heterocycles. The number of H-pyrrole nitrogens is 1. The van der Waals surface area contributed by atoms with Crippen molar-refractivity contribution >= 4 is 16.6 Å². The highest BCUT2D eigenvalue weighted by Crippen LogP contribution is 2.32. The Hall–Kier alpha value is -3.36. The molecule has 1 N–H and O–H groups in total. The van der Waals surface area contributed by atoms with Gasteiger partial charge in [-0.15, -0.1) is 5.10 Å². The number of methoxy groups -OCH3 is 1. The van der Waals surface area contributed by atoms with Gasteiger partial charge in [0.05, 0.1) is 18.2 Å². The summed E-state index contributed by atoms with van der Waals surface area (Å²) in [5.74, 6) is 0.860. The summed E-state index contributed by atoms with van der Waals surface area (Å²) in [5, 5.41) is 4.28. The largest absolute Gasteiger partial charge is 0.497 e. The van der Waals surface area contributed by atoms with E-state index in [0.29, 0.717) is 11.3 Å². The van der Waals surface area contributed by atoms with E-state index in [2.05, 4.69) is 15.1 Å². The molecule has 0 bridgehead atoms. The molecule has 0 saturated carbocycles. The van der Waals surface area contributed by atoms with E-state index >= 15 is 0 Å². The van der Waals surface area contributed by atoms with Crippen molar-refractivity contribution in [2.45, 2.75) is 6.18 Å². The van der Waals surface area contributed by atoms with E-state index in [4.69, 9.17) is 4.74 Å². The summed E-state index contributed by atoms with van der Waals surface area (Å²) in [6.45, 7) is 0. The van der Waals surface area contributed by atoms with Crippen LogP contribution in [0.5, 0.6) is 5.75 Å². The molecular formula is C17H11F3N4O2. The fraction of sp³-hybridized carbons (Fsp3) is 0.118. The molecule has 26 heavy (non-hydrogen) atoms. The summed E-state index contributed by atoms with van der Waals surface area (Å²) in [4.78, 5) is 19.0. The van der Waals surface area contributed by atoms with Gasteiger partial charge in [-0.25, -0.2) is 9.78 Å². The van der Waals surface area contributed by atoms with Gasteiger partial charge >= 0.3 is 11.9 Å². The molecule has 2 aromatic carbocycles. The molecule has 6 nitrogen and oxygen atoms in total. The molecule has 0 unspecified atom stereocenters. The third-order valence-electron chi connectivity index (χ3n) is 3.98. The van der Waals surface area contributed by atoms with Crippen LogP contribution in [0.15, 0.2) is 47.3 Å². The van der Waals surface area contributed by atoms with Crippen LogP contribution in [0.1, 0.15) is 5.56 Å². The van der Waals surface area contributed by atoms with Crippen LogP contribution < -0.4 is 10.4 Å². The second-order valence-electron chi connectivity index (χ2n) is 5.59. The minimum Gasteiger partial charge on any atom is -0.497 e. The van der Waals surface area contributed by atoms with E-state index < -0.39 is 17.4 Å². The molecule has 0 aliphatic carbocycles. The van der Waals surface area contributed by atoms with Gasteiger partial charge in [0.25, 0.3) is 0 Å². The van der Waals surface area contributed by atoms with Gasteiger partial charge in [0.15, 0.2) is 11.5 Å². The summed E-state index contributed by atoms with van der Waals surface area (Å²) in [6.07, 6.45) is -4.50. The maximum atomic E-state index is 13.0. The summed E-state index contributed by atoms with van der Waals surface area (Å²) in [7, 11) is 1.53. The lowest BCUT2D eigenvalue weighted by Crippen LogP contribution is -2.17. The van der Waals surface area contributed by atoms with E-state index in [1.807, 2.05) is 0 Å². The number of nitrogens with one attached hydrogen (secondary N) is 1. The molecule has 0 aliphatic heterocycles. The van der Waals surface area contributed by atoms with Gasteiger partial charge in [0.1, 0.15) is 5.75 Å². The summed E-state index contributed by atoms with van der Waals surface area (Å²) >= 11 is 0. The van der Waals surface area contributed by atoms with Crippen LogP contribution in [0, 0.1) is 0 Å². The number of ether oxygens (including phenoxy) is 1. The normalized spacial score (nSPS) is 12.0. The van der Waals surface area contributed by atoms with E-state index in [9.17, 15) is 18.0 Å². The molecule has 0 saturated heterocycles. The number of alkyl halides is 3. The van der Waals surface area contributed by atoms with Crippen LogP contribution in [0.3, 0.4) is 0 Å². The second-order valence-corrected chi connectivity index (χ2v) is 5.59. The Kier molecular flexibility index (Phi) is 3.46. The van der Waals surface area contributed by atoms with Gasteiger partial charge in [-0.3, -0.25) is 0 Å². The predicted octanol–water partition coefficient (Wildman–Crippen LogP) is 3.27. The van der Waals surface area contributed by atoms with Crippen molar-refractivity contribution in [1.29, 1.82) is 0 Å². The number of benzene rings is 2. The Morgan fingerprint density at radius 1 is 1.12 bits per heavy atom. The Morgan fingerprint density at radius 3 is 2.50 bits per heavy atom. The average Bonchev–Trinajstić information content (AvgIpc) is 3.07. The number of fused-ring (bicyclic) bond motifs is 3. The first kappa shape index (κ1) is 16.1. The van der Waals surface area contributed by atoms with Gasteiger partial charge < -0.3 is 9.72 Å². The number of hydrogen-bond donors (Lipinski definition) is 1. The highest BCUT2D eigenvalue weighted by molar-refractivity contribution is 5.92. The molecule has 0 atom stereocenters. The maximum absolute atomic E-state index is 13.0. The van der Waals surface area contributed by atoms with Crippen molar-refractivity contribution < 1.29 is 17.9 Å². The van der Waals surface area contributed by atoms with E-state index in [1.165, 1.54) is 13.2 Å². The number of nitrogens with zero attached hydrogens (tertiary/aromatic N) is 3. The molecule has 2 heterocycles. The molecular weight excluding hydrogens is 349 g/mol. The molecule has 0 amide bonds. The number of aromatic amines is 1. The molecule has 4 aromatic rings. The molecule has 0 spiro atoms. The van der Waals surface area contributed by atoms with Gasteiger partial charge in [0, 0.05) is 10.9 Å². The zero-order valence-electron chi connectivity index (χ0n) is 13.3. The Labute approximate surface area is 143 Å². The molecule has 132 valence electrons. The standard InChI is InChI=1S/C17H11F3N4O2/c1-26-11-5-2-9(3-6-11)14-22-15-12-8-10(17(18,19)20)4-7-13(12)21-16(25)24(15)23-14/h2-8H,1H3,(H,21,25). The lowest BCUT2D eigenvalue weighted by molar-refractivity contribution is -0.137. The molecule has 9 heteroatoms. The third-order valence-corrected chi connectivity index (χ3v) is 3.98. The van der Waals surface area contributed by atoms with Crippen LogP contribution in [0.4, 0.5) is 13.2 Å². The lowest BCUT2D eigenvalue weighted by Gasteiger charge is -2.07. The van der Waals surface area contributed by atoms with Crippen molar-refractivity contribution in [3.63, 3.8) is 0 Å². The minimum atomic E-state index is -4.50. The zero-order chi connectivity index (χ0) is 18.5. The second kappa shape index (κ2) is 5.58. The molecule has 0 radical (unpaired) electrons. The lowest BCUT2D eigenvalue weighted by atomic mass is 10.1. The summed E-state index contributed by atoms with van der Waals surface area (Å²) in [6, 6.07) is 9.87. The molecule has 0 aliphatic rings. The first-order valence-electron chi connectivity index (χ1n) is 7.51. The summed E-state index contributed by atoms with van der Waals surface area (Å²) < 4.78 is 45.1. The Bertz CT molecular complexity index is 1180. The quantitative estimate of drug-likeness (QED) is 0.596. The van der Waals surface area contributed by atoms with Gasteiger partial charge in [0.2, 0.25) is 0 Å². The first-order chi connectivity index (χ1) is 12.4. The van der Waals surface area contributed by atoms with Crippen molar-refractivity contribution in [2.75, 3.05) is 7.11 Å². The van der Waals surface area contributed by atoms with Crippen LogP contribution in [0.2, 0.25) is 0 Å². The van der Waals surface area contributed by atoms with Crippen LogP contribution in [0.25, 0.3) is 27.9 Å². The number of hydrogen-bond acceptors (Lipinski definition) is 4. The van der Waals surface area contributed by atoms with Crippen LogP contribution in [-0.2, 0) is 6.18 Å². The number of aromatic nitrogens is 4. The predicted molar refractivity (Wildman–Crippen MR) is 88.1 cm³/mol. The van der Waals surface area contributed by atoms with E-state index in [-0.39, 0.29) is 22.4 Å². The van der Waals surface area contributed by atoms with Gasteiger partial charge in [-0.2, -0.15) is 17.7 Å². The van der Waals surface area contributed by atoms with E-state index in [0.717, 1.165) is 16.6 Å². The van der Waals surface area contributed by atoms with Gasteiger partial charge in [-0.1, -0.05) is 0 Å². The molecule has 0 fully saturated rings. The van der Waals surface area contributed by atoms with Crippen molar-refractivity contribution in [2.24, 2.45) is 0 Å². The minimum absolute atomic E-state index is 0.0562. The number of rotatable bonds is 2. The van der Waals surface area contributed by atoms with E-state index in [1.54, 1.807) is 24.3 Å².